The van der Waals surface area contributed by atoms with Gasteiger partial charge in [0.25, 0.3) is 0 Å². The topological polar surface area (TPSA) is 66.7 Å². The molecule has 7 heteroatoms. The van der Waals surface area contributed by atoms with E-state index in [9.17, 15) is 8.42 Å². The second-order valence-electron chi connectivity index (χ2n) is 3.70. The summed E-state index contributed by atoms with van der Waals surface area (Å²) in [5.41, 5.74) is 0.367. The monoisotopic (exact) mass is 309 g/mol. The van der Waals surface area contributed by atoms with E-state index in [4.69, 9.17) is 28.4 Å². The van der Waals surface area contributed by atoms with Crippen LogP contribution < -0.4 is 0 Å². The number of sulfone groups is 1. The number of hydrogen-bond donors (Lipinski definition) is 1. The lowest BCUT2D eigenvalue weighted by Crippen LogP contribution is -2.29. The molecule has 1 aromatic rings. The van der Waals surface area contributed by atoms with Gasteiger partial charge in [-0.3, -0.25) is 0 Å². The van der Waals surface area contributed by atoms with Crippen molar-refractivity contribution in [2.45, 2.75) is 19.1 Å². The quantitative estimate of drug-likeness (QED) is 0.528. The van der Waals surface area contributed by atoms with E-state index in [-0.39, 0.29) is 16.5 Å². The fourth-order valence-corrected chi connectivity index (χ4v) is 2.99. The highest BCUT2D eigenvalue weighted by Gasteiger charge is 2.27. The summed E-state index contributed by atoms with van der Waals surface area (Å²) in [5.74, 6) is -0.0433. The zero-order chi connectivity index (χ0) is 13.9. The molecule has 1 aromatic carbocycles. The van der Waals surface area contributed by atoms with Crippen LogP contribution >= 0.6 is 23.2 Å². The lowest BCUT2D eigenvalue weighted by Gasteiger charge is -2.14. The van der Waals surface area contributed by atoms with Crippen LogP contribution in [0.4, 0.5) is 0 Å². The summed E-state index contributed by atoms with van der Waals surface area (Å²) in [6.07, 6.45) is 0. The molecule has 1 atom stereocenters. The average molecular weight is 310 g/mol. The Morgan fingerprint density at radius 2 is 2.06 bits per heavy atom. The molecule has 0 aliphatic rings. The molecule has 0 spiro atoms. The van der Waals surface area contributed by atoms with Crippen LogP contribution in [-0.4, -0.2) is 30.3 Å². The van der Waals surface area contributed by atoms with Crippen molar-refractivity contribution in [2.24, 2.45) is 5.16 Å². The Kier molecular flexibility index (Phi) is 5.01. The lowest BCUT2D eigenvalue weighted by atomic mass is 10.1. The number of rotatable bonds is 4. The van der Waals surface area contributed by atoms with Gasteiger partial charge in [0, 0.05) is 16.3 Å². The van der Waals surface area contributed by atoms with Crippen LogP contribution in [0, 0.1) is 0 Å². The Morgan fingerprint density at radius 1 is 1.44 bits per heavy atom. The van der Waals surface area contributed by atoms with Gasteiger partial charge in [0.2, 0.25) is 0 Å². The molecule has 0 bridgehead atoms. The maximum absolute atomic E-state index is 11.8. The average Bonchev–Trinajstić information content (AvgIpc) is 2.32. The first-order valence-electron chi connectivity index (χ1n) is 5.22. The molecule has 1 rings (SSSR count). The summed E-state index contributed by atoms with van der Waals surface area (Å²) in [6, 6.07) is 4.55. The zero-order valence-electron chi connectivity index (χ0n) is 9.89. The number of hydrogen-bond acceptors (Lipinski definition) is 4. The second-order valence-corrected chi connectivity index (χ2v) is 7.16. The molecule has 4 nitrogen and oxygen atoms in total. The molecule has 0 amide bonds. The van der Waals surface area contributed by atoms with Crippen molar-refractivity contribution in [1.29, 1.82) is 0 Å². The van der Waals surface area contributed by atoms with Crippen LogP contribution in [0.5, 0.6) is 0 Å². The van der Waals surface area contributed by atoms with Gasteiger partial charge in [0.05, 0.1) is 5.02 Å². The lowest BCUT2D eigenvalue weighted by molar-refractivity contribution is 0.318. The highest BCUT2D eigenvalue weighted by Crippen LogP contribution is 2.24. The highest BCUT2D eigenvalue weighted by molar-refractivity contribution is 7.92. The van der Waals surface area contributed by atoms with Crippen molar-refractivity contribution in [3.8, 4) is 0 Å². The van der Waals surface area contributed by atoms with Crippen molar-refractivity contribution < 1.29 is 13.6 Å². The second kappa shape index (κ2) is 5.91. The third-order valence-corrected chi connectivity index (χ3v) is 5.29. The zero-order valence-corrected chi connectivity index (χ0v) is 12.2. The molecule has 18 heavy (non-hydrogen) atoms. The summed E-state index contributed by atoms with van der Waals surface area (Å²) >= 11 is 11.7. The number of halogens is 2. The highest BCUT2D eigenvalue weighted by atomic mass is 35.5. The van der Waals surface area contributed by atoms with Crippen LogP contribution in [0.15, 0.2) is 23.4 Å². The first-order valence-corrected chi connectivity index (χ1v) is 7.69. The Balaban J connectivity index is 3.28. The van der Waals surface area contributed by atoms with Crippen molar-refractivity contribution in [2.75, 3.05) is 5.75 Å². The van der Waals surface area contributed by atoms with Gasteiger partial charge in [-0.25, -0.2) is 8.42 Å². The van der Waals surface area contributed by atoms with Crippen LogP contribution in [0.2, 0.25) is 10.0 Å². The molecule has 1 N–H and O–H groups in total. The van der Waals surface area contributed by atoms with Gasteiger partial charge in [-0.2, -0.15) is 0 Å². The molecule has 0 saturated carbocycles. The van der Waals surface area contributed by atoms with Crippen molar-refractivity contribution in [3.63, 3.8) is 0 Å². The van der Waals surface area contributed by atoms with E-state index < -0.39 is 15.1 Å². The number of benzene rings is 1. The summed E-state index contributed by atoms with van der Waals surface area (Å²) in [5, 5.41) is 11.8. The SMILES string of the molecule is CCS(=O)(=O)C(C)C(=NO)c1ccc(Cl)cc1Cl. The van der Waals surface area contributed by atoms with Gasteiger partial charge in [-0.1, -0.05) is 35.3 Å². The number of nitrogens with zero attached hydrogens (tertiary/aromatic N) is 1. The number of oxime groups is 1. The molecule has 0 radical (unpaired) electrons. The van der Waals surface area contributed by atoms with E-state index >= 15 is 0 Å². The molecule has 1 unspecified atom stereocenters. The molecule has 0 aliphatic carbocycles. The smallest absolute Gasteiger partial charge is 0.158 e. The summed E-state index contributed by atoms with van der Waals surface area (Å²) in [6.45, 7) is 2.99. The van der Waals surface area contributed by atoms with E-state index in [0.717, 1.165) is 0 Å². The molecule has 0 heterocycles. The summed E-state index contributed by atoms with van der Waals surface area (Å²) in [7, 11) is -3.37. The van der Waals surface area contributed by atoms with Crippen LogP contribution in [0.1, 0.15) is 19.4 Å². The first-order chi connectivity index (χ1) is 8.33. The predicted octanol–water partition coefficient (Wildman–Crippen LogP) is 2.99. The van der Waals surface area contributed by atoms with E-state index in [2.05, 4.69) is 5.16 Å². The standard InChI is InChI=1S/C11H13Cl2NO3S/c1-3-18(16,17)7(2)11(14-15)9-5-4-8(12)6-10(9)13/h4-7,15H,3H2,1-2H3. The third-order valence-electron chi connectivity index (χ3n) is 2.64. The van der Waals surface area contributed by atoms with Crippen LogP contribution in [0.25, 0.3) is 0 Å². The third kappa shape index (κ3) is 3.16. The Hall–Kier alpha value is -0.780. The van der Waals surface area contributed by atoms with Crippen LogP contribution in [-0.2, 0) is 9.84 Å². The maximum Gasteiger partial charge on any atom is 0.158 e. The molecule has 0 saturated heterocycles. The summed E-state index contributed by atoms with van der Waals surface area (Å²) in [4.78, 5) is 0. The summed E-state index contributed by atoms with van der Waals surface area (Å²) < 4.78 is 23.6. The molecular weight excluding hydrogens is 297 g/mol. The van der Waals surface area contributed by atoms with E-state index in [1.165, 1.54) is 26.0 Å². The van der Waals surface area contributed by atoms with E-state index in [1.54, 1.807) is 6.07 Å². The van der Waals surface area contributed by atoms with Crippen molar-refractivity contribution in [1.82, 2.24) is 0 Å². The largest absolute Gasteiger partial charge is 0.411 e. The molecule has 0 fully saturated rings. The minimum atomic E-state index is -3.37. The van der Waals surface area contributed by atoms with Crippen molar-refractivity contribution >= 4 is 38.8 Å². The van der Waals surface area contributed by atoms with Gasteiger partial charge in [0.15, 0.2) is 9.84 Å². The van der Waals surface area contributed by atoms with Gasteiger partial charge in [-0.15, -0.1) is 0 Å². The van der Waals surface area contributed by atoms with E-state index in [0.29, 0.717) is 10.6 Å². The Morgan fingerprint density at radius 3 is 2.50 bits per heavy atom. The van der Waals surface area contributed by atoms with Gasteiger partial charge >= 0.3 is 0 Å². The fraction of sp³-hybridized carbons (Fsp3) is 0.364. The van der Waals surface area contributed by atoms with Gasteiger partial charge < -0.3 is 5.21 Å². The van der Waals surface area contributed by atoms with Gasteiger partial charge in [-0.05, 0) is 25.1 Å². The van der Waals surface area contributed by atoms with Crippen LogP contribution in [0.3, 0.4) is 0 Å². The normalized spacial score (nSPS) is 14.6. The Labute approximate surface area is 116 Å². The molecule has 100 valence electrons. The minimum absolute atomic E-state index is 0.0125. The van der Waals surface area contributed by atoms with Crippen molar-refractivity contribution in [3.05, 3.63) is 33.8 Å². The fourth-order valence-electron chi connectivity index (χ4n) is 1.47. The molecular formula is C11H13Cl2NO3S. The van der Waals surface area contributed by atoms with Gasteiger partial charge in [0.1, 0.15) is 11.0 Å². The minimum Gasteiger partial charge on any atom is -0.411 e. The van der Waals surface area contributed by atoms with E-state index in [1.807, 2.05) is 0 Å². The Bertz CT molecular complexity index is 570. The first kappa shape index (κ1) is 15.3. The molecule has 0 aromatic heterocycles. The predicted molar refractivity (Wildman–Crippen MR) is 73.7 cm³/mol. The maximum atomic E-state index is 11.8. The molecule has 0 aliphatic heterocycles.